The maximum absolute atomic E-state index is 12.5. The molecule has 2 atom stereocenters. The van der Waals surface area contributed by atoms with Gasteiger partial charge in [-0.05, 0) is 49.7 Å². The topological polar surface area (TPSA) is 68.3 Å². The third-order valence-electron chi connectivity index (χ3n) is 5.93. The summed E-state index contributed by atoms with van der Waals surface area (Å²) in [7, 11) is 0. The summed E-state index contributed by atoms with van der Waals surface area (Å²) < 4.78 is 5.80. The van der Waals surface area contributed by atoms with E-state index in [2.05, 4.69) is 11.4 Å². The monoisotopic (exact) mass is 362 g/mol. The molecule has 2 saturated carbocycles. The van der Waals surface area contributed by atoms with Gasteiger partial charge in [-0.2, -0.15) is 0 Å². The normalized spacial score (nSPS) is 28.4. The Kier molecular flexibility index (Phi) is 5.70. The Morgan fingerprint density at radius 1 is 1.20 bits per heavy atom. The van der Waals surface area contributed by atoms with Gasteiger partial charge < -0.3 is 15.5 Å². The van der Waals surface area contributed by atoms with Crippen molar-refractivity contribution in [3.63, 3.8) is 0 Å². The van der Waals surface area contributed by atoms with E-state index < -0.39 is 0 Å². The molecule has 2 aliphatic carbocycles. The fourth-order valence-electron chi connectivity index (χ4n) is 4.62. The molecule has 2 unspecified atom stereocenters. The summed E-state index contributed by atoms with van der Waals surface area (Å²) in [5.74, 6) is 2.37. The molecule has 1 aromatic heterocycles. The molecule has 0 saturated heterocycles. The molecule has 25 heavy (non-hydrogen) atoms. The lowest BCUT2D eigenvalue weighted by Crippen LogP contribution is -2.49. The van der Waals surface area contributed by atoms with E-state index in [1.54, 1.807) is 0 Å². The minimum Gasteiger partial charge on any atom is -0.461 e. The highest BCUT2D eigenvalue weighted by molar-refractivity contribution is 5.85. The quantitative estimate of drug-likeness (QED) is 0.871. The van der Waals surface area contributed by atoms with Crippen molar-refractivity contribution in [2.24, 2.45) is 23.5 Å². The minimum atomic E-state index is 0. The molecule has 2 bridgehead atoms. The van der Waals surface area contributed by atoms with Crippen LogP contribution in [0.5, 0.6) is 0 Å². The molecule has 0 aliphatic heterocycles. The van der Waals surface area contributed by atoms with E-state index in [-0.39, 0.29) is 24.2 Å². The van der Waals surface area contributed by atoms with E-state index in [9.17, 15) is 4.79 Å². The first-order chi connectivity index (χ1) is 11.7. The van der Waals surface area contributed by atoms with Crippen molar-refractivity contribution in [3.05, 3.63) is 36.1 Å². The zero-order valence-electron chi connectivity index (χ0n) is 14.4. The molecule has 1 aromatic carbocycles. The molecule has 0 radical (unpaired) electrons. The highest BCUT2D eigenvalue weighted by atomic mass is 35.5. The van der Waals surface area contributed by atoms with Crippen molar-refractivity contribution in [1.29, 1.82) is 0 Å². The number of carbonyl (C=O) groups is 1. The van der Waals surface area contributed by atoms with Gasteiger partial charge in [-0.15, -0.1) is 12.4 Å². The predicted molar refractivity (Wildman–Crippen MR) is 102 cm³/mol. The van der Waals surface area contributed by atoms with Crippen LogP contribution in [0, 0.1) is 17.8 Å². The maximum Gasteiger partial charge on any atom is 0.223 e. The van der Waals surface area contributed by atoms with Gasteiger partial charge in [-0.25, -0.2) is 0 Å². The Morgan fingerprint density at radius 3 is 2.64 bits per heavy atom. The number of furan rings is 1. The van der Waals surface area contributed by atoms with Crippen LogP contribution in [0.1, 0.15) is 37.9 Å². The number of halogens is 1. The van der Waals surface area contributed by atoms with Gasteiger partial charge >= 0.3 is 0 Å². The molecule has 2 aromatic rings. The summed E-state index contributed by atoms with van der Waals surface area (Å²) in [6.07, 6.45) is 6.34. The Balaban J connectivity index is 0.00000182. The van der Waals surface area contributed by atoms with Crippen LogP contribution in [0.3, 0.4) is 0 Å². The van der Waals surface area contributed by atoms with Crippen molar-refractivity contribution in [1.82, 2.24) is 5.32 Å². The summed E-state index contributed by atoms with van der Waals surface area (Å²) in [6.45, 7) is 0.635. The number of amides is 1. The summed E-state index contributed by atoms with van der Waals surface area (Å²) in [5, 5.41) is 4.23. The van der Waals surface area contributed by atoms with Crippen molar-refractivity contribution in [3.8, 4) is 0 Å². The molecular weight excluding hydrogens is 336 g/mol. The zero-order chi connectivity index (χ0) is 16.5. The molecule has 1 amide bonds. The Bertz CT molecular complexity index is 682. The Hall–Kier alpha value is -1.52. The highest BCUT2D eigenvalue weighted by Gasteiger charge is 2.40. The van der Waals surface area contributed by atoms with Gasteiger partial charge in [-0.1, -0.05) is 24.6 Å². The molecule has 2 aliphatic rings. The average Bonchev–Trinajstić information content (AvgIpc) is 2.97. The maximum atomic E-state index is 12.5. The molecule has 0 spiro atoms. The summed E-state index contributed by atoms with van der Waals surface area (Å²) in [4.78, 5) is 12.5. The molecule has 1 heterocycles. The van der Waals surface area contributed by atoms with Crippen LogP contribution in [0.2, 0.25) is 0 Å². The van der Waals surface area contributed by atoms with E-state index in [0.717, 1.165) is 36.0 Å². The minimum absolute atomic E-state index is 0. The number of nitrogens with two attached hydrogens (primary N) is 1. The van der Waals surface area contributed by atoms with E-state index in [0.29, 0.717) is 24.4 Å². The first-order valence-corrected chi connectivity index (χ1v) is 9.21. The van der Waals surface area contributed by atoms with E-state index in [1.165, 1.54) is 19.3 Å². The first kappa shape index (κ1) is 18.3. The number of rotatable bonds is 4. The number of benzene rings is 1. The average molecular weight is 363 g/mol. The van der Waals surface area contributed by atoms with E-state index >= 15 is 0 Å². The standard InChI is InChI=1S/C20H26N2O2.ClH/c21-19-14-5-3-6-15(19)11-16(10-14)20(23)22-9-8-17-12-13-4-1-2-7-18(13)24-17;/h1-2,4,7,12,14-16,19H,3,5-6,8-11,21H2,(H,22,23);1H. The fourth-order valence-corrected chi connectivity index (χ4v) is 4.62. The number of hydrogen-bond donors (Lipinski definition) is 2. The zero-order valence-corrected chi connectivity index (χ0v) is 15.3. The second-order valence-corrected chi connectivity index (χ2v) is 7.49. The lowest BCUT2D eigenvalue weighted by Gasteiger charge is -2.43. The molecule has 5 heteroatoms. The highest BCUT2D eigenvalue weighted by Crippen LogP contribution is 2.41. The largest absolute Gasteiger partial charge is 0.461 e. The summed E-state index contributed by atoms with van der Waals surface area (Å²) in [5.41, 5.74) is 7.23. The molecule has 136 valence electrons. The van der Waals surface area contributed by atoms with Gasteiger partial charge in [-0.3, -0.25) is 4.79 Å². The Morgan fingerprint density at radius 2 is 1.92 bits per heavy atom. The predicted octanol–water partition coefficient (Wildman–Crippen LogP) is 3.67. The van der Waals surface area contributed by atoms with Gasteiger partial charge in [0.15, 0.2) is 0 Å². The molecule has 3 N–H and O–H groups in total. The summed E-state index contributed by atoms with van der Waals surface area (Å²) in [6, 6.07) is 10.4. The van der Waals surface area contributed by atoms with E-state index in [1.807, 2.05) is 24.3 Å². The Labute approximate surface area is 154 Å². The number of fused-ring (bicyclic) bond motifs is 3. The molecule has 4 nitrogen and oxygen atoms in total. The van der Waals surface area contributed by atoms with Gasteiger partial charge in [0, 0.05) is 30.3 Å². The SMILES string of the molecule is Cl.NC1C2CCCC1CC(C(=O)NCCc1cc3ccccc3o1)C2. The fraction of sp³-hybridized carbons (Fsp3) is 0.550. The van der Waals surface area contributed by atoms with Crippen LogP contribution in [0.15, 0.2) is 34.7 Å². The lowest BCUT2D eigenvalue weighted by molar-refractivity contribution is -0.127. The van der Waals surface area contributed by atoms with Crippen LogP contribution in [-0.2, 0) is 11.2 Å². The number of hydrogen-bond acceptors (Lipinski definition) is 3. The smallest absolute Gasteiger partial charge is 0.223 e. The number of para-hydroxylation sites is 1. The third-order valence-corrected chi connectivity index (χ3v) is 5.93. The second kappa shape index (κ2) is 7.79. The van der Waals surface area contributed by atoms with Crippen LogP contribution in [0.25, 0.3) is 11.0 Å². The summed E-state index contributed by atoms with van der Waals surface area (Å²) >= 11 is 0. The lowest BCUT2D eigenvalue weighted by atomic mass is 9.65. The van der Waals surface area contributed by atoms with Gasteiger partial charge in [0.2, 0.25) is 5.91 Å². The van der Waals surface area contributed by atoms with Crippen molar-refractivity contribution in [2.75, 3.05) is 6.54 Å². The van der Waals surface area contributed by atoms with Crippen LogP contribution in [-0.4, -0.2) is 18.5 Å². The second-order valence-electron chi connectivity index (χ2n) is 7.49. The van der Waals surface area contributed by atoms with Gasteiger partial charge in [0.05, 0.1) is 0 Å². The first-order valence-electron chi connectivity index (χ1n) is 9.21. The van der Waals surface area contributed by atoms with Gasteiger partial charge in [0.1, 0.15) is 11.3 Å². The molecule has 4 rings (SSSR count). The third kappa shape index (κ3) is 3.85. The van der Waals surface area contributed by atoms with Crippen molar-refractivity contribution in [2.45, 2.75) is 44.6 Å². The van der Waals surface area contributed by atoms with Crippen molar-refractivity contribution >= 4 is 29.3 Å². The number of nitrogens with one attached hydrogen (secondary N) is 1. The molecular formula is C20H27ClN2O2. The van der Waals surface area contributed by atoms with Crippen molar-refractivity contribution < 1.29 is 9.21 Å². The number of carbonyl (C=O) groups excluding carboxylic acids is 1. The van der Waals surface area contributed by atoms with Crippen LogP contribution in [0.4, 0.5) is 0 Å². The van der Waals surface area contributed by atoms with Gasteiger partial charge in [0.25, 0.3) is 0 Å². The van der Waals surface area contributed by atoms with Crippen LogP contribution < -0.4 is 11.1 Å². The van der Waals surface area contributed by atoms with Crippen LogP contribution >= 0.6 is 12.4 Å². The van der Waals surface area contributed by atoms with E-state index in [4.69, 9.17) is 10.2 Å². The molecule has 2 fully saturated rings.